The van der Waals surface area contributed by atoms with Crippen molar-refractivity contribution in [2.24, 2.45) is 9.98 Å². The normalized spacial score (nSPS) is 19.0. The fraction of sp³-hybridized carbons (Fsp3) is 0.400. The summed E-state index contributed by atoms with van der Waals surface area (Å²) in [5.74, 6) is 0.553. The second-order valence-electron chi connectivity index (χ2n) is 9.03. The SMILES string of the molecule is C=N/C=C(\N=C(C)OC[C@H](O)CO)NC(O)N1c2nc(-c3cccc(C(F)(F)F)c3)c(Cl)cc2N2CC[C@H]1C2. The molecule has 3 heterocycles. The number of rotatable bonds is 9. The van der Waals surface area contributed by atoms with E-state index in [9.17, 15) is 23.4 Å². The minimum atomic E-state index is -4.53. The third-order valence-corrected chi connectivity index (χ3v) is 6.56. The number of fused-ring (bicyclic) bond motifs is 4. The minimum Gasteiger partial charge on any atom is -0.478 e. The highest BCUT2D eigenvalue weighted by atomic mass is 35.5. The van der Waals surface area contributed by atoms with Crippen LogP contribution in [0.1, 0.15) is 18.9 Å². The molecule has 0 saturated carbocycles. The first-order chi connectivity index (χ1) is 18.5. The van der Waals surface area contributed by atoms with Crippen molar-refractivity contribution in [1.29, 1.82) is 0 Å². The molecule has 1 aromatic heterocycles. The Hall–Kier alpha value is -3.39. The maximum atomic E-state index is 13.3. The predicted octanol–water partition coefficient (Wildman–Crippen LogP) is 2.97. The van der Waals surface area contributed by atoms with E-state index in [0.717, 1.165) is 12.1 Å². The van der Waals surface area contributed by atoms with Crippen molar-refractivity contribution in [2.75, 3.05) is 36.1 Å². The molecule has 0 aliphatic carbocycles. The Morgan fingerprint density at radius 2 is 2.13 bits per heavy atom. The Bertz CT molecular complexity index is 1270. The van der Waals surface area contributed by atoms with Gasteiger partial charge in [0.1, 0.15) is 12.7 Å². The zero-order valence-electron chi connectivity index (χ0n) is 20.9. The molecule has 4 N–H and O–H groups in total. The first kappa shape index (κ1) is 28.6. The molecule has 0 radical (unpaired) electrons. The Kier molecular flexibility index (Phi) is 8.64. The number of aliphatic imine (C=N–C) groups is 2. The van der Waals surface area contributed by atoms with Crippen molar-refractivity contribution in [3.05, 3.63) is 52.9 Å². The van der Waals surface area contributed by atoms with Crippen molar-refractivity contribution < 1.29 is 33.2 Å². The van der Waals surface area contributed by atoms with E-state index in [2.05, 4.69) is 31.9 Å². The van der Waals surface area contributed by atoms with Gasteiger partial charge in [0.25, 0.3) is 0 Å². The van der Waals surface area contributed by atoms with Crippen LogP contribution < -0.4 is 15.1 Å². The summed E-state index contributed by atoms with van der Waals surface area (Å²) in [7, 11) is 0. The lowest BCUT2D eigenvalue weighted by atomic mass is 10.1. The Morgan fingerprint density at radius 1 is 1.36 bits per heavy atom. The van der Waals surface area contributed by atoms with Crippen LogP contribution in [0.2, 0.25) is 5.02 Å². The molecule has 4 rings (SSSR count). The molecular formula is C25H28ClF3N6O4. The third-order valence-electron chi connectivity index (χ3n) is 6.27. The van der Waals surface area contributed by atoms with Gasteiger partial charge >= 0.3 is 6.18 Å². The fourth-order valence-corrected chi connectivity index (χ4v) is 4.73. The van der Waals surface area contributed by atoms with E-state index in [0.29, 0.717) is 31.0 Å². The molecule has 14 heteroatoms. The molecule has 1 saturated heterocycles. The highest BCUT2D eigenvalue weighted by molar-refractivity contribution is 6.33. The topological polar surface area (TPSA) is 126 Å². The summed E-state index contributed by atoms with van der Waals surface area (Å²) in [5.41, 5.74) is 0.145. The first-order valence-corrected chi connectivity index (χ1v) is 12.4. The second kappa shape index (κ2) is 11.8. The van der Waals surface area contributed by atoms with Crippen molar-refractivity contribution in [3.8, 4) is 11.3 Å². The molecule has 210 valence electrons. The molecule has 1 fully saturated rings. The molecule has 0 spiro atoms. The number of aromatic nitrogens is 1. The van der Waals surface area contributed by atoms with Gasteiger partial charge in [-0.3, -0.25) is 4.99 Å². The number of hydrogen-bond acceptors (Lipinski definition) is 10. The van der Waals surface area contributed by atoms with Crippen LogP contribution in [0, 0.1) is 0 Å². The third kappa shape index (κ3) is 6.44. The lowest BCUT2D eigenvalue weighted by Gasteiger charge is -2.40. The molecule has 0 amide bonds. The van der Waals surface area contributed by atoms with Crippen LogP contribution >= 0.6 is 11.6 Å². The van der Waals surface area contributed by atoms with E-state index in [4.69, 9.17) is 21.4 Å². The van der Waals surface area contributed by atoms with Crippen molar-refractivity contribution in [1.82, 2.24) is 10.3 Å². The monoisotopic (exact) mass is 568 g/mol. The Morgan fingerprint density at radius 3 is 2.82 bits per heavy atom. The van der Waals surface area contributed by atoms with Crippen molar-refractivity contribution in [2.45, 2.75) is 38.0 Å². The van der Waals surface area contributed by atoms with E-state index in [1.807, 2.05) is 0 Å². The molecule has 3 atom stereocenters. The molecule has 10 nitrogen and oxygen atoms in total. The van der Waals surface area contributed by atoms with Gasteiger partial charge in [-0.1, -0.05) is 23.7 Å². The zero-order chi connectivity index (χ0) is 28.3. The van der Waals surface area contributed by atoms with Gasteiger partial charge in [0, 0.05) is 25.6 Å². The van der Waals surface area contributed by atoms with E-state index in [1.54, 1.807) is 11.0 Å². The largest absolute Gasteiger partial charge is 0.478 e. The number of hydrogen-bond donors (Lipinski definition) is 4. The van der Waals surface area contributed by atoms with Gasteiger partial charge < -0.3 is 35.2 Å². The summed E-state index contributed by atoms with van der Waals surface area (Å²) >= 11 is 6.51. The standard InChI is InChI=1S/C25H28ClF3N6O4/c1-14(39-13-18(37)12-36)31-21(10-30-2)32-24(38)35-17-6-7-34(11-17)20-9-19(26)22(33-23(20)35)15-4-3-5-16(8-15)25(27,28)29/h3-5,8-10,17-18,24,32,36-38H,2,6-7,11-13H2,1H3/b21-10+,31-14?/t17-,18+,24?/m0/s1. The molecule has 2 aliphatic heterocycles. The molecular weight excluding hydrogens is 541 g/mol. The van der Waals surface area contributed by atoms with Crippen LogP contribution in [-0.2, 0) is 10.9 Å². The molecule has 2 aliphatic rings. The Balaban J connectivity index is 1.66. The highest BCUT2D eigenvalue weighted by Crippen LogP contribution is 2.44. The van der Waals surface area contributed by atoms with Crippen molar-refractivity contribution >= 4 is 35.7 Å². The number of ether oxygens (including phenoxy) is 1. The van der Waals surface area contributed by atoms with Gasteiger partial charge in [-0.15, -0.1) is 0 Å². The molecule has 1 aromatic carbocycles. The predicted molar refractivity (Wildman–Crippen MR) is 142 cm³/mol. The maximum absolute atomic E-state index is 13.3. The fourth-order valence-electron chi connectivity index (χ4n) is 4.47. The Labute approximate surface area is 227 Å². The lowest BCUT2D eigenvalue weighted by molar-refractivity contribution is -0.137. The summed E-state index contributed by atoms with van der Waals surface area (Å²) in [6, 6.07) is 6.22. The quantitative estimate of drug-likeness (QED) is 0.207. The average molecular weight is 569 g/mol. The molecule has 39 heavy (non-hydrogen) atoms. The van der Waals surface area contributed by atoms with Gasteiger partial charge in [-0.2, -0.15) is 18.2 Å². The van der Waals surface area contributed by atoms with E-state index < -0.39 is 30.8 Å². The van der Waals surface area contributed by atoms with Gasteiger partial charge in [-0.05, 0) is 31.3 Å². The summed E-state index contributed by atoms with van der Waals surface area (Å²) < 4.78 is 45.3. The minimum absolute atomic E-state index is 0.0857. The second-order valence-corrected chi connectivity index (χ2v) is 9.44. The molecule has 2 bridgehead atoms. The van der Waals surface area contributed by atoms with E-state index >= 15 is 0 Å². The van der Waals surface area contributed by atoms with Crippen LogP contribution in [0.15, 0.2) is 52.3 Å². The average Bonchev–Trinajstić information content (AvgIpc) is 3.31. The summed E-state index contributed by atoms with van der Waals surface area (Å²) in [6.07, 6.45) is -5.04. The molecule has 1 unspecified atom stereocenters. The number of alkyl halides is 3. The number of pyridine rings is 1. The summed E-state index contributed by atoms with van der Waals surface area (Å²) in [6.45, 7) is 5.52. The number of benzene rings is 1. The van der Waals surface area contributed by atoms with Crippen LogP contribution in [0.3, 0.4) is 0 Å². The lowest BCUT2D eigenvalue weighted by Crippen LogP contribution is -2.54. The van der Waals surface area contributed by atoms with Gasteiger partial charge in [0.15, 0.2) is 17.5 Å². The number of halogens is 4. The van der Waals surface area contributed by atoms with E-state index in [1.165, 1.54) is 25.3 Å². The van der Waals surface area contributed by atoms with Gasteiger partial charge in [0.05, 0.1) is 40.8 Å². The number of nitrogens with one attached hydrogen (secondary N) is 1. The number of nitrogens with zero attached hydrogens (tertiary/aromatic N) is 5. The van der Waals surface area contributed by atoms with Crippen LogP contribution in [0.4, 0.5) is 24.7 Å². The smallest absolute Gasteiger partial charge is 0.416 e. The van der Waals surface area contributed by atoms with Gasteiger partial charge in [-0.25, -0.2) is 4.98 Å². The number of anilines is 2. The maximum Gasteiger partial charge on any atom is 0.416 e. The zero-order valence-corrected chi connectivity index (χ0v) is 21.7. The number of aliphatic hydroxyl groups excluding tert-OH is 3. The van der Waals surface area contributed by atoms with Gasteiger partial charge in [0.2, 0.25) is 6.35 Å². The van der Waals surface area contributed by atoms with E-state index in [-0.39, 0.29) is 40.6 Å². The summed E-state index contributed by atoms with van der Waals surface area (Å²) in [4.78, 5) is 16.2. The molecule has 2 aromatic rings. The van der Waals surface area contributed by atoms with Crippen LogP contribution in [0.5, 0.6) is 0 Å². The first-order valence-electron chi connectivity index (χ1n) is 12.0. The summed E-state index contributed by atoms with van der Waals surface area (Å²) in [5, 5.41) is 32.7. The number of aliphatic hydroxyl groups is 3. The van der Waals surface area contributed by atoms with Crippen LogP contribution in [0.25, 0.3) is 11.3 Å². The highest BCUT2D eigenvalue weighted by Gasteiger charge is 2.41. The van der Waals surface area contributed by atoms with Crippen molar-refractivity contribution in [3.63, 3.8) is 0 Å². The van der Waals surface area contributed by atoms with Crippen LogP contribution in [-0.4, -0.2) is 77.7 Å².